The van der Waals surface area contributed by atoms with E-state index in [1.165, 1.54) is 12.5 Å². The summed E-state index contributed by atoms with van der Waals surface area (Å²) in [6, 6.07) is 10.0. The molecular weight excluding hydrogens is 306 g/mol. The molecule has 1 aromatic carbocycles. The van der Waals surface area contributed by atoms with E-state index in [-0.39, 0.29) is 18.4 Å². The van der Waals surface area contributed by atoms with Gasteiger partial charge in [-0.25, -0.2) is 0 Å². The molecule has 1 heterocycles. The number of nitrogens with zero attached hydrogens (tertiary/aromatic N) is 1. The smallest absolute Gasteiger partial charge is 0.255 e. The van der Waals surface area contributed by atoms with Crippen LogP contribution in [0.25, 0.3) is 0 Å². The lowest BCUT2D eigenvalue weighted by Crippen LogP contribution is -2.58. The molecule has 1 aliphatic heterocycles. The molecule has 6 nitrogen and oxygen atoms in total. The van der Waals surface area contributed by atoms with Gasteiger partial charge in [-0.15, -0.1) is 0 Å². The maximum absolute atomic E-state index is 12.6. The van der Waals surface area contributed by atoms with Gasteiger partial charge in [0.1, 0.15) is 0 Å². The molecule has 132 valence electrons. The molecule has 1 saturated heterocycles. The van der Waals surface area contributed by atoms with Crippen molar-refractivity contribution in [3.8, 4) is 0 Å². The Morgan fingerprint density at radius 1 is 1.29 bits per heavy atom. The van der Waals surface area contributed by atoms with Crippen LogP contribution in [-0.4, -0.2) is 60.1 Å². The number of benzene rings is 1. The first-order valence-electron chi connectivity index (χ1n) is 8.52. The van der Waals surface area contributed by atoms with Gasteiger partial charge >= 0.3 is 0 Å². The van der Waals surface area contributed by atoms with Gasteiger partial charge in [-0.1, -0.05) is 30.3 Å². The highest BCUT2D eigenvalue weighted by molar-refractivity contribution is 5.86. The van der Waals surface area contributed by atoms with Gasteiger partial charge in [0, 0.05) is 39.6 Å². The van der Waals surface area contributed by atoms with Crippen LogP contribution in [0.15, 0.2) is 30.3 Å². The van der Waals surface area contributed by atoms with Crippen molar-refractivity contribution < 1.29 is 14.7 Å². The molecule has 0 radical (unpaired) electrons. The van der Waals surface area contributed by atoms with E-state index >= 15 is 0 Å². The Hall–Kier alpha value is -1.92. The Labute approximate surface area is 143 Å². The number of hydrogen-bond acceptors (Lipinski definition) is 4. The summed E-state index contributed by atoms with van der Waals surface area (Å²) in [7, 11) is 0. The third kappa shape index (κ3) is 5.32. The zero-order valence-corrected chi connectivity index (χ0v) is 14.3. The van der Waals surface area contributed by atoms with Crippen molar-refractivity contribution in [1.29, 1.82) is 0 Å². The average Bonchev–Trinajstić information content (AvgIpc) is 2.57. The Bertz CT molecular complexity index is 550. The molecule has 6 heteroatoms. The van der Waals surface area contributed by atoms with E-state index in [4.69, 9.17) is 0 Å². The quantitative estimate of drug-likeness (QED) is 0.598. The molecule has 1 aliphatic rings. The van der Waals surface area contributed by atoms with Gasteiger partial charge < -0.3 is 20.6 Å². The van der Waals surface area contributed by atoms with Crippen molar-refractivity contribution >= 4 is 11.8 Å². The van der Waals surface area contributed by atoms with E-state index in [0.717, 1.165) is 12.8 Å². The molecule has 1 unspecified atom stereocenters. The van der Waals surface area contributed by atoms with Crippen molar-refractivity contribution in [2.45, 2.75) is 31.8 Å². The second-order valence-corrected chi connectivity index (χ2v) is 6.32. The van der Waals surface area contributed by atoms with Crippen LogP contribution < -0.4 is 10.6 Å². The van der Waals surface area contributed by atoms with Crippen molar-refractivity contribution in [3.05, 3.63) is 35.9 Å². The van der Waals surface area contributed by atoms with Crippen molar-refractivity contribution in [1.82, 2.24) is 15.5 Å². The Morgan fingerprint density at radius 3 is 2.75 bits per heavy atom. The maximum Gasteiger partial charge on any atom is 0.255 e. The predicted molar refractivity (Wildman–Crippen MR) is 92.5 cm³/mol. The lowest BCUT2D eigenvalue weighted by Gasteiger charge is -2.38. The molecular formula is C18H27N3O3. The van der Waals surface area contributed by atoms with E-state index in [1.54, 1.807) is 4.90 Å². The number of carbonyl (C=O) groups is 2. The summed E-state index contributed by atoms with van der Waals surface area (Å²) in [5, 5.41) is 16.4. The van der Waals surface area contributed by atoms with Gasteiger partial charge in [0.05, 0.1) is 0 Å². The second kappa shape index (κ2) is 8.80. The van der Waals surface area contributed by atoms with E-state index < -0.39 is 5.60 Å². The summed E-state index contributed by atoms with van der Waals surface area (Å²) in [6.07, 6.45) is 2.06. The number of likely N-dealkylation sites (tertiary alicyclic amines) is 1. The molecule has 0 saturated carbocycles. The molecule has 2 rings (SSSR count). The third-order valence-corrected chi connectivity index (χ3v) is 4.31. The molecule has 1 aromatic rings. The molecule has 1 fully saturated rings. The summed E-state index contributed by atoms with van der Waals surface area (Å²) in [5.74, 6) is -0.284. The van der Waals surface area contributed by atoms with Crippen LogP contribution in [0.4, 0.5) is 0 Å². The standard InChI is InChI=1S/C18H27N3O3/c1-15(22)20-11-10-19-14-18(24)9-5-12-21(17(18)23)13-8-16-6-3-2-4-7-16/h2-4,6-7,19,24H,5,8-14H2,1H3,(H,20,22). The summed E-state index contributed by atoms with van der Waals surface area (Å²) in [4.78, 5) is 25.2. The molecule has 3 N–H and O–H groups in total. The van der Waals surface area contributed by atoms with Crippen LogP contribution in [0.1, 0.15) is 25.3 Å². The van der Waals surface area contributed by atoms with Gasteiger partial charge in [0.15, 0.2) is 5.60 Å². The van der Waals surface area contributed by atoms with Crippen LogP contribution in [0, 0.1) is 0 Å². The highest BCUT2D eigenvalue weighted by Gasteiger charge is 2.41. The van der Waals surface area contributed by atoms with Gasteiger partial charge in [-0.2, -0.15) is 0 Å². The summed E-state index contributed by atoms with van der Waals surface area (Å²) in [6.45, 7) is 4.00. The Balaban J connectivity index is 1.80. The summed E-state index contributed by atoms with van der Waals surface area (Å²) < 4.78 is 0. The normalized spacial score (nSPS) is 20.9. The second-order valence-electron chi connectivity index (χ2n) is 6.32. The van der Waals surface area contributed by atoms with Crippen molar-refractivity contribution in [2.24, 2.45) is 0 Å². The maximum atomic E-state index is 12.6. The predicted octanol–water partition coefficient (Wildman–Crippen LogP) is 0.308. The van der Waals surface area contributed by atoms with E-state index in [1.807, 2.05) is 30.3 Å². The zero-order valence-electron chi connectivity index (χ0n) is 14.3. The van der Waals surface area contributed by atoms with Crippen molar-refractivity contribution in [3.63, 3.8) is 0 Å². The van der Waals surface area contributed by atoms with Gasteiger partial charge in [-0.3, -0.25) is 9.59 Å². The molecule has 0 bridgehead atoms. The number of piperidine rings is 1. The van der Waals surface area contributed by atoms with Gasteiger partial charge in [0.25, 0.3) is 5.91 Å². The number of rotatable bonds is 8. The minimum absolute atomic E-state index is 0.0867. The minimum atomic E-state index is -1.34. The molecule has 0 aliphatic carbocycles. The number of nitrogens with one attached hydrogen (secondary N) is 2. The first-order chi connectivity index (χ1) is 11.5. The SMILES string of the molecule is CC(=O)NCCNCC1(O)CCCN(CCc2ccccc2)C1=O. The van der Waals surface area contributed by atoms with Crippen LogP contribution >= 0.6 is 0 Å². The number of carbonyl (C=O) groups excluding carboxylic acids is 2. The highest BCUT2D eigenvalue weighted by atomic mass is 16.3. The fraction of sp³-hybridized carbons (Fsp3) is 0.556. The van der Waals surface area contributed by atoms with Gasteiger partial charge in [-0.05, 0) is 24.8 Å². The summed E-state index contributed by atoms with van der Waals surface area (Å²) >= 11 is 0. The van der Waals surface area contributed by atoms with Crippen LogP contribution in [0.5, 0.6) is 0 Å². The average molecular weight is 333 g/mol. The number of amides is 2. The fourth-order valence-corrected chi connectivity index (χ4v) is 2.97. The van der Waals surface area contributed by atoms with Crippen LogP contribution in [-0.2, 0) is 16.0 Å². The van der Waals surface area contributed by atoms with E-state index in [9.17, 15) is 14.7 Å². The third-order valence-electron chi connectivity index (χ3n) is 4.31. The van der Waals surface area contributed by atoms with Crippen LogP contribution in [0.3, 0.4) is 0 Å². The van der Waals surface area contributed by atoms with E-state index in [0.29, 0.717) is 32.6 Å². The molecule has 0 spiro atoms. The zero-order chi connectivity index (χ0) is 17.4. The highest BCUT2D eigenvalue weighted by Crippen LogP contribution is 2.22. The number of hydrogen-bond donors (Lipinski definition) is 3. The Morgan fingerprint density at radius 2 is 2.04 bits per heavy atom. The minimum Gasteiger partial charge on any atom is -0.379 e. The van der Waals surface area contributed by atoms with Gasteiger partial charge in [0.2, 0.25) is 5.91 Å². The van der Waals surface area contributed by atoms with Crippen LogP contribution in [0.2, 0.25) is 0 Å². The lowest BCUT2D eigenvalue weighted by atomic mass is 9.91. The monoisotopic (exact) mass is 333 g/mol. The van der Waals surface area contributed by atoms with E-state index in [2.05, 4.69) is 10.6 Å². The lowest BCUT2D eigenvalue weighted by molar-refractivity contribution is -0.156. The number of aliphatic hydroxyl groups is 1. The molecule has 2 amide bonds. The first-order valence-corrected chi connectivity index (χ1v) is 8.52. The summed E-state index contributed by atoms with van der Waals surface area (Å²) in [5.41, 5.74) is -0.154. The molecule has 24 heavy (non-hydrogen) atoms. The largest absolute Gasteiger partial charge is 0.379 e. The Kier molecular flexibility index (Phi) is 6.75. The molecule has 0 aromatic heterocycles. The topological polar surface area (TPSA) is 81.7 Å². The first kappa shape index (κ1) is 18.4. The van der Waals surface area contributed by atoms with Crippen molar-refractivity contribution in [2.75, 3.05) is 32.7 Å². The molecule has 1 atom stereocenters. The fourth-order valence-electron chi connectivity index (χ4n) is 2.97.